The van der Waals surface area contributed by atoms with Gasteiger partial charge in [0.15, 0.2) is 11.8 Å². The average molecular weight is 407 g/mol. The molecule has 1 unspecified atom stereocenters. The molecule has 2 N–H and O–H groups in total. The van der Waals surface area contributed by atoms with Gasteiger partial charge < -0.3 is 15.2 Å². The number of rotatable bonds is 4. The van der Waals surface area contributed by atoms with Crippen molar-refractivity contribution in [3.05, 3.63) is 71.7 Å². The van der Waals surface area contributed by atoms with Gasteiger partial charge in [-0.3, -0.25) is 0 Å². The third-order valence-electron chi connectivity index (χ3n) is 5.86. The monoisotopic (exact) mass is 406 g/mol. The molecule has 1 saturated heterocycles. The maximum absolute atomic E-state index is 14.7. The molecule has 1 atom stereocenters. The topological polar surface area (TPSA) is 67.7 Å². The molecule has 1 aromatic heterocycles. The van der Waals surface area contributed by atoms with Crippen LogP contribution in [0.1, 0.15) is 43.9 Å². The van der Waals surface area contributed by atoms with E-state index in [2.05, 4.69) is 22.0 Å². The van der Waals surface area contributed by atoms with E-state index in [1.54, 1.807) is 18.2 Å². The largest absolute Gasteiger partial charge is 0.369 e. The molecule has 2 aromatic carbocycles. The summed E-state index contributed by atoms with van der Waals surface area (Å²) in [6.45, 7) is 6.03. The van der Waals surface area contributed by atoms with Crippen LogP contribution < -0.4 is 5.73 Å². The molecule has 156 valence electrons. The summed E-state index contributed by atoms with van der Waals surface area (Å²) in [5.74, 6) is 1.84. The number of halogens is 1. The zero-order valence-corrected chi connectivity index (χ0v) is 17.4. The first-order valence-corrected chi connectivity index (χ1v) is 10.4. The number of aliphatic imine (C=N–C) groups is 1. The van der Waals surface area contributed by atoms with Gasteiger partial charge in [0.2, 0.25) is 0 Å². The number of aromatic nitrogens is 1. The molecule has 0 spiro atoms. The normalized spacial score (nSPS) is 16.6. The molecule has 0 aliphatic carbocycles. The minimum atomic E-state index is -0.258. The minimum absolute atomic E-state index is 0.155. The van der Waals surface area contributed by atoms with Gasteiger partial charge in [0, 0.05) is 30.6 Å². The Labute approximate surface area is 176 Å². The molecule has 0 amide bonds. The van der Waals surface area contributed by atoms with Gasteiger partial charge in [-0.25, -0.2) is 4.39 Å². The van der Waals surface area contributed by atoms with Crippen LogP contribution in [0, 0.1) is 11.7 Å². The van der Waals surface area contributed by atoms with Crippen LogP contribution in [-0.2, 0) is 0 Å². The Morgan fingerprint density at radius 2 is 1.90 bits per heavy atom. The van der Waals surface area contributed by atoms with Crippen molar-refractivity contribution in [1.82, 2.24) is 10.1 Å². The lowest BCUT2D eigenvalue weighted by molar-refractivity contribution is 0.278. The molecule has 0 radical (unpaired) electrons. The van der Waals surface area contributed by atoms with Gasteiger partial charge in [-0.15, -0.1) is 0 Å². The van der Waals surface area contributed by atoms with Crippen LogP contribution in [0.3, 0.4) is 0 Å². The van der Waals surface area contributed by atoms with E-state index in [1.165, 1.54) is 0 Å². The van der Waals surface area contributed by atoms with Gasteiger partial charge >= 0.3 is 0 Å². The van der Waals surface area contributed by atoms with E-state index in [0.717, 1.165) is 43.0 Å². The van der Waals surface area contributed by atoms with Crippen molar-refractivity contribution < 1.29 is 8.91 Å². The highest BCUT2D eigenvalue weighted by molar-refractivity contribution is 5.80. The summed E-state index contributed by atoms with van der Waals surface area (Å²) in [5, 5.41) is 4.04. The van der Waals surface area contributed by atoms with Gasteiger partial charge in [-0.1, -0.05) is 61.5 Å². The maximum atomic E-state index is 14.7. The number of likely N-dealkylation sites (tertiary alicyclic amines) is 1. The summed E-state index contributed by atoms with van der Waals surface area (Å²) < 4.78 is 20.2. The molecular weight excluding hydrogens is 379 g/mol. The number of piperidine rings is 1. The summed E-state index contributed by atoms with van der Waals surface area (Å²) in [6.07, 6.45) is 2.23. The number of hydrogen-bond donors (Lipinski definition) is 1. The SMILES string of the molecule is CC1CCN(/C(N)=N\c2cc(C(C)c3ccc(-c4ccccc4)c(F)c3)on2)CC1. The van der Waals surface area contributed by atoms with Crippen molar-refractivity contribution in [2.45, 2.75) is 32.6 Å². The van der Waals surface area contributed by atoms with Crippen molar-refractivity contribution >= 4 is 11.8 Å². The fraction of sp³-hybridized carbons (Fsp3) is 0.333. The Balaban J connectivity index is 1.49. The predicted octanol–water partition coefficient (Wildman–Crippen LogP) is 5.31. The third kappa shape index (κ3) is 4.37. The molecule has 0 saturated carbocycles. The third-order valence-corrected chi connectivity index (χ3v) is 5.86. The van der Waals surface area contributed by atoms with Crippen LogP contribution in [0.2, 0.25) is 0 Å². The Bertz CT molecular complexity index is 1020. The summed E-state index contributed by atoms with van der Waals surface area (Å²) in [5.41, 5.74) is 8.41. The zero-order chi connectivity index (χ0) is 21.1. The smallest absolute Gasteiger partial charge is 0.198 e. The number of nitrogens with zero attached hydrogens (tertiary/aromatic N) is 3. The predicted molar refractivity (Wildman–Crippen MR) is 117 cm³/mol. The molecule has 1 fully saturated rings. The van der Waals surface area contributed by atoms with Crippen LogP contribution >= 0.6 is 0 Å². The number of benzene rings is 2. The molecule has 2 heterocycles. The first kappa shape index (κ1) is 20.1. The van der Waals surface area contributed by atoms with E-state index in [-0.39, 0.29) is 11.7 Å². The van der Waals surface area contributed by atoms with Crippen molar-refractivity contribution in [3.8, 4) is 11.1 Å². The Morgan fingerprint density at radius 3 is 2.60 bits per heavy atom. The number of nitrogens with two attached hydrogens (primary N) is 1. The lowest BCUT2D eigenvalue weighted by Gasteiger charge is -2.30. The quantitative estimate of drug-likeness (QED) is 0.471. The molecule has 5 nitrogen and oxygen atoms in total. The van der Waals surface area contributed by atoms with Crippen molar-refractivity contribution in [1.29, 1.82) is 0 Å². The Kier molecular flexibility index (Phi) is 5.84. The van der Waals surface area contributed by atoms with E-state index >= 15 is 0 Å². The highest BCUT2D eigenvalue weighted by Crippen LogP contribution is 2.31. The summed E-state index contributed by atoms with van der Waals surface area (Å²) in [7, 11) is 0. The second-order valence-electron chi connectivity index (χ2n) is 8.05. The van der Waals surface area contributed by atoms with E-state index in [4.69, 9.17) is 10.3 Å². The fourth-order valence-corrected chi connectivity index (χ4v) is 3.78. The molecule has 0 bridgehead atoms. The van der Waals surface area contributed by atoms with Gasteiger partial charge in [0.05, 0.1) is 0 Å². The summed E-state index contributed by atoms with van der Waals surface area (Å²) >= 11 is 0. The molecule has 30 heavy (non-hydrogen) atoms. The van der Waals surface area contributed by atoms with Gasteiger partial charge in [-0.05, 0) is 36.0 Å². The summed E-state index contributed by atoms with van der Waals surface area (Å²) in [4.78, 5) is 6.50. The summed E-state index contributed by atoms with van der Waals surface area (Å²) in [6, 6.07) is 16.6. The molecule has 6 heteroatoms. The Morgan fingerprint density at radius 1 is 1.17 bits per heavy atom. The number of hydrogen-bond acceptors (Lipinski definition) is 3. The first-order chi connectivity index (χ1) is 14.5. The lowest BCUT2D eigenvalue weighted by atomic mass is 9.95. The van der Waals surface area contributed by atoms with Gasteiger partial charge in [-0.2, -0.15) is 4.99 Å². The van der Waals surface area contributed by atoms with Crippen LogP contribution in [0.5, 0.6) is 0 Å². The molecule has 1 aliphatic rings. The van der Waals surface area contributed by atoms with Crippen molar-refractivity contribution in [2.75, 3.05) is 13.1 Å². The first-order valence-electron chi connectivity index (χ1n) is 10.4. The van der Waals surface area contributed by atoms with Crippen LogP contribution in [0.4, 0.5) is 10.2 Å². The van der Waals surface area contributed by atoms with Crippen LogP contribution in [0.25, 0.3) is 11.1 Å². The standard InChI is InChI=1S/C24H27FN4O/c1-16-10-12-29(13-11-16)24(26)27-23-15-22(30-28-23)17(2)19-8-9-20(21(25)14-19)18-6-4-3-5-7-18/h3-9,14-17H,10-13H2,1-2H3,(H2,26,27,28). The van der Waals surface area contributed by atoms with Crippen molar-refractivity contribution in [2.24, 2.45) is 16.6 Å². The minimum Gasteiger partial charge on any atom is -0.369 e. The maximum Gasteiger partial charge on any atom is 0.198 e. The number of guanidine groups is 1. The molecular formula is C24H27FN4O. The highest BCUT2D eigenvalue weighted by atomic mass is 19.1. The van der Waals surface area contributed by atoms with Crippen molar-refractivity contribution in [3.63, 3.8) is 0 Å². The van der Waals surface area contributed by atoms with Gasteiger partial charge in [0.25, 0.3) is 0 Å². The second-order valence-corrected chi connectivity index (χ2v) is 8.05. The van der Waals surface area contributed by atoms with Crippen LogP contribution in [0.15, 0.2) is 64.1 Å². The highest BCUT2D eigenvalue weighted by Gasteiger charge is 2.19. The Hall–Kier alpha value is -3.15. The molecule has 1 aliphatic heterocycles. The van der Waals surface area contributed by atoms with E-state index < -0.39 is 0 Å². The van der Waals surface area contributed by atoms with E-state index in [0.29, 0.717) is 23.1 Å². The molecule has 4 rings (SSSR count). The van der Waals surface area contributed by atoms with E-state index in [1.807, 2.05) is 43.3 Å². The lowest BCUT2D eigenvalue weighted by Crippen LogP contribution is -2.42. The second kappa shape index (κ2) is 8.69. The average Bonchev–Trinajstić information content (AvgIpc) is 3.22. The van der Waals surface area contributed by atoms with E-state index in [9.17, 15) is 4.39 Å². The van der Waals surface area contributed by atoms with Gasteiger partial charge in [0.1, 0.15) is 11.6 Å². The zero-order valence-electron chi connectivity index (χ0n) is 17.4. The molecule has 3 aromatic rings. The van der Waals surface area contributed by atoms with Crippen LogP contribution in [-0.4, -0.2) is 29.1 Å². The fourth-order valence-electron chi connectivity index (χ4n) is 3.78.